The van der Waals surface area contributed by atoms with Crippen molar-refractivity contribution >= 4 is 16.8 Å². The predicted octanol–water partition coefficient (Wildman–Crippen LogP) is 2.99. The lowest BCUT2D eigenvalue weighted by atomic mass is 9.99. The number of fused-ring (bicyclic) bond motifs is 1. The summed E-state index contributed by atoms with van der Waals surface area (Å²) in [4.78, 5) is 18.4. The maximum absolute atomic E-state index is 12.5. The maximum atomic E-state index is 12.5. The SMILES string of the molecule is O=C(CN1CCCCC1c1cc2ccccc2[nH]1)NC1CCOCC1. The number of carbonyl (C=O) groups excluding carboxylic acids is 1. The van der Waals surface area contributed by atoms with Crippen molar-refractivity contribution < 1.29 is 9.53 Å². The summed E-state index contributed by atoms with van der Waals surface area (Å²) in [6.45, 7) is 2.98. The molecule has 1 aromatic heterocycles. The van der Waals surface area contributed by atoms with E-state index >= 15 is 0 Å². The van der Waals surface area contributed by atoms with Gasteiger partial charge in [-0.2, -0.15) is 0 Å². The number of hydrogen-bond donors (Lipinski definition) is 2. The van der Waals surface area contributed by atoms with Crippen LogP contribution in [0.4, 0.5) is 0 Å². The Balaban J connectivity index is 1.44. The molecule has 2 saturated heterocycles. The Morgan fingerprint density at radius 2 is 2.04 bits per heavy atom. The third kappa shape index (κ3) is 3.88. The Bertz CT molecular complexity index is 688. The number of carbonyl (C=O) groups is 1. The van der Waals surface area contributed by atoms with Gasteiger partial charge < -0.3 is 15.0 Å². The van der Waals surface area contributed by atoms with Crippen molar-refractivity contribution in [2.45, 2.75) is 44.2 Å². The van der Waals surface area contributed by atoms with Crippen LogP contribution in [0.1, 0.15) is 43.8 Å². The van der Waals surface area contributed by atoms with Crippen LogP contribution in [-0.2, 0) is 9.53 Å². The minimum Gasteiger partial charge on any atom is -0.381 e. The third-order valence-electron chi connectivity index (χ3n) is 5.46. The van der Waals surface area contributed by atoms with Crippen molar-refractivity contribution in [2.24, 2.45) is 0 Å². The number of ether oxygens (including phenoxy) is 1. The van der Waals surface area contributed by atoms with Crippen molar-refractivity contribution in [3.8, 4) is 0 Å². The second-order valence-electron chi connectivity index (χ2n) is 7.25. The zero-order valence-corrected chi connectivity index (χ0v) is 14.7. The number of benzene rings is 1. The van der Waals surface area contributed by atoms with Gasteiger partial charge in [-0.1, -0.05) is 24.6 Å². The van der Waals surface area contributed by atoms with Crippen LogP contribution in [0, 0.1) is 0 Å². The van der Waals surface area contributed by atoms with Gasteiger partial charge in [-0.25, -0.2) is 0 Å². The molecule has 0 bridgehead atoms. The smallest absolute Gasteiger partial charge is 0.234 e. The lowest BCUT2D eigenvalue weighted by molar-refractivity contribution is -0.124. The van der Waals surface area contributed by atoms with Gasteiger partial charge in [0.1, 0.15) is 0 Å². The second kappa shape index (κ2) is 7.58. The van der Waals surface area contributed by atoms with Crippen LogP contribution in [-0.4, -0.2) is 48.1 Å². The molecule has 25 heavy (non-hydrogen) atoms. The summed E-state index contributed by atoms with van der Waals surface area (Å²) in [5.41, 5.74) is 2.41. The molecule has 0 radical (unpaired) electrons. The van der Waals surface area contributed by atoms with Gasteiger partial charge in [0.05, 0.1) is 12.6 Å². The number of piperidine rings is 1. The van der Waals surface area contributed by atoms with E-state index in [1.54, 1.807) is 0 Å². The number of rotatable bonds is 4. The van der Waals surface area contributed by atoms with E-state index < -0.39 is 0 Å². The van der Waals surface area contributed by atoms with Crippen LogP contribution in [0.2, 0.25) is 0 Å². The van der Waals surface area contributed by atoms with Crippen LogP contribution < -0.4 is 5.32 Å². The number of para-hydroxylation sites is 1. The molecule has 2 fully saturated rings. The van der Waals surface area contributed by atoms with Gasteiger partial charge in [0.2, 0.25) is 5.91 Å². The zero-order valence-electron chi connectivity index (χ0n) is 14.7. The summed E-state index contributed by atoms with van der Waals surface area (Å²) in [5.74, 6) is 0.148. The van der Waals surface area contributed by atoms with Crippen LogP contribution in [0.3, 0.4) is 0 Å². The average Bonchev–Trinajstić information content (AvgIpc) is 3.07. The molecule has 4 rings (SSSR count). The van der Waals surface area contributed by atoms with Crippen molar-refractivity contribution in [3.05, 3.63) is 36.0 Å². The van der Waals surface area contributed by atoms with E-state index in [0.29, 0.717) is 12.6 Å². The predicted molar refractivity (Wildman–Crippen MR) is 98.4 cm³/mol. The molecule has 0 saturated carbocycles. The molecule has 5 nitrogen and oxygen atoms in total. The molecule has 0 aliphatic carbocycles. The van der Waals surface area contributed by atoms with Gasteiger partial charge in [0, 0.05) is 30.5 Å². The average molecular weight is 341 g/mol. The highest BCUT2D eigenvalue weighted by molar-refractivity contribution is 5.80. The second-order valence-corrected chi connectivity index (χ2v) is 7.25. The first-order chi connectivity index (χ1) is 12.3. The molecule has 1 atom stereocenters. The third-order valence-corrected chi connectivity index (χ3v) is 5.46. The van der Waals surface area contributed by atoms with E-state index in [2.05, 4.69) is 45.5 Å². The highest BCUT2D eigenvalue weighted by Crippen LogP contribution is 2.32. The van der Waals surface area contributed by atoms with E-state index in [4.69, 9.17) is 4.74 Å². The highest BCUT2D eigenvalue weighted by Gasteiger charge is 2.27. The van der Waals surface area contributed by atoms with Gasteiger partial charge in [-0.05, 0) is 49.7 Å². The standard InChI is InChI=1S/C20H27N3O2/c24-20(21-16-8-11-25-12-9-16)14-23-10-4-3-7-19(23)18-13-15-5-1-2-6-17(15)22-18/h1-2,5-6,13,16,19,22H,3-4,7-12,14H2,(H,21,24). The largest absolute Gasteiger partial charge is 0.381 e. The molecule has 0 spiro atoms. The van der Waals surface area contributed by atoms with Crippen LogP contribution in [0.25, 0.3) is 10.9 Å². The van der Waals surface area contributed by atoms with Gasteiger partial charge in [0.25, 0.3) is 0 Å². The Morgan fingerprint density at radius 3 is 2.88 bits per heavy atom. The summed E-state index contributed by atoms with van der Waals surface area (Å²) < 4.78 is 5.37. The summed E-state index contributed by atoms with van der Waals surface area (Å²) in [7, 11) is 0. The minimum atomic E-state index is 0.148. The van der Waals surface area contributed by atoms with Gasteiger partial charge in [0.15, 0.2) is 0 Å². The summed E-state index contributed by atoms with van der Waals surface area (Å²) >= 11 is 0. The number of amides is 1. The van der Waals surface area contributed by atoms with Crippen LogP contribution >= 0.6 is 0 Å². The van der Waals surface area contributed by atoms with Crippen molar-refractivity contribution in [1.29, 1.82) is 0 Å². The molecule has 1 aromatic carbocycles. The molecule has 1 unspecified atom stereocenters. The van der Waals surface area contributed by atoms with Gasteiger partial charge in [-0.3, -0.25) is 9.69 Å². The van der Waals surface area contributed by atoms with Gasteiger partial charge >= 0.3 is 0 Å². The number of aromatic nitrogens is 1. The molecule has 2 aliphatic rings. The summed E-state index contributed by atoms with van der Waals surface area (Å²) in [6.07, 6.45) is 5.35. The lowest BCUT2D eigenvalue weighted by Gasteiger charge is -2.35. The van der Waals surface area contributed by atoms with E-state index in [9.17, 15) is 4.79 Å². The van der Waals surface area contributed by atoms with E-state index in [1.165, 1.54) is 29.4 Å². The van der Waals surface area contributed by atoms with E-state index in [0.717, 1.165) is 39.0 Å². The Kier molecular flexibility index (Phi) is 5.04. The maximum Gasteiger partial charge on any atom is 0.234 e. The fraction of sp³-hybridized carbons (Fsp3) is 0.550. The highest BCUT2D eigenvalue weighted by atomic mass is 16.5. The quantitative estimate of drug-likeness (QED) is 0.899. The first-order valence-corrected chi connectivity index (χ1v) is 9.48. The Hall–Kier alpha value is -1.85. The number of aromatic amines is 1. The topological polar surface area (TPSA) is 57.4 Å². The van der Waals surface area contributed by atoms with Crippen LogP contribution in [0.5, 0.6) is 0 Å². The van der Waals surface area contributed by atoms with Crippen LogP contribution in [0.15, 0.2) is 30.3 Å². The molecular formula is C20H27N3O2. The van der Waals surface area contributed by atoms with Gasteiger partial charge in [-0.15, -0.1) is 0 Å². The molecule has 1 amide bonds. The first-order valence-electron chi connectivity index (χ1n) is 9.48. The first kappa shape index (κ1) is 16.6. The number of likely N-dealkylation sites (tertiary alicyclic amines) is 1. The summed E-state index contributed by atoms with van der Waals surface area (Å²) in [6, 6.07) is 11.2. The molecule has 5 heteroatoms. The Morgan fingerprint density at radius 1 is 1.20 bits per heavy atom. The summed E-state index contributed by atoms with van der Waals surface area (Å²) in [5, 5.41) is 4.44. The number of nitrogens with zero attached hydrogens (tertiary/aromatic N) is 1. The van der Waals surface area contributed by atoms with Crippen molar-refractivity contribution in [2.75, 3.05) is 26.3 Å². The molecule has 2 aliphatic heterocycles. The fourth-order valence-corrected chi connectivity index (χ4v) is 4.11. The number of nitrogens with one attached hydrogen (secondary N) is 2. The van der Waals surface area contributed by atoms with Crippen molar-refractivity contribution in [1.82, 2.24) is 15.2 Å². The molecule has 2 N–H and O–H groups in total. The molecule has 3 heterocycles. The fourth-order valence-electron chi connectivity index (χ4n) is 4.11. The normalized spacial score (nSPS) is 23.0. The van der Waals surface area contributed by atoms with Crippen molar-refractivity contribution in [3.63, 3.8) is 0 Å². The number of H-pyrrole nitrogens is 1. The molecule has 2 aromatic rings. The number of hydrogen-bond acceptors (Lipinski definition) is 3. The lowest BCUT2D eigenvalue weighted by Crippen LogP contribution is -2.46. The van der Waals surface area contributed by atoms with E-state index in [-0.39, 0.29) is 11.9 Å². The minimum absolute atomic E-state index is 0.148. The Labute approximate surface area is 148 Å². The molecule has 134 valence electrons. The van der Waals surface area contributed by atoms with E-state index in [1.807, 2.05) is 0 Å². The monoisotopic (exact) mass is 341 g/mol. The molecular weight excluding hydrogens is 314 g/mol. The zero-order chi connectivity index (χ0) is 17.1.